The van der Waals surface area contributed by atoms with Crippen LogP contribution in [-0.2, 0) is 9.59 Å². The van der Waals surface area contributed by atoms with Crippen LogP contribution in [0.4, 0.5) is 5.69 Å². The highest BCUT2D eigenvalue weighted by atomic mass is 32.2. The molecule has 0 aliphatic carbocycles. The van der Waals surface area contributed by atoms with Gasteiger partial charge in [-0.1, -0.05) is 11.8 Å². The molecule has 1 aromatic heterocycles. The van der Waals surface area contributed by atoms with E-state index in [1.54, 1.807) is 18.2 Å². The number of nitro groups is 1. The average molecular weight is 418 g/mol. The Bertz CT molecular complexity index is 1030. The van der Waals surface area contributed by atoms with Gasteiger partial charge in [0.1, 0.15) is 22.5 Å². The van der Waals surface area contributed by atoms with Crippen molar-refractivity contribution in [2.45, 2.75) is 11.7 Å². The van der Waals surface area contributed by atoms with Crippen molar-refractivity contribution in [3.63, 3.8) is 0 Å². The SMILES string of the molecule is COc1ccc(-c2ccc(/C=N/N=C3/NC(=O)C(CC(=O)O)S3)o2)c([N+](=O)[O-])c1. The minimum Gasteiger partial charge on any atom is -0.497 e. The van der Waals surface area contributed by atoms with E-state index >= 15 is 0 Å². The average Bonchev–Trinajstić information content (AvgIpc) is 3.28. The molecule has 12 heteroatoms. The van der Waals surface area contributed by atoms with Gasteiger partial charge in [0.15, 0.2) is 5.17 Å². The fourth-order valence-corrected chi connectivity index (χ4v) is 3.36. The summed E-state index contributed by atoms with van der Waals surface area (Å²) in [6.07, 6.45) is 0.949. The zero-order valence-corrected chi connectivity index (χ0v) is 15.7. The summed E-state index contributed by atoms with van der Waals surface area (Å²) in [5, 5.41) is 29.5. The Balaban J connectivity index is 1.74. The lowest BCUT2D eigenvalue weighted by Crippen LogP contribution is -2.26. The summed E-state index contributed by atoms with van der Waals surface area (Å²) in [7, 11) is 1.41. The predicted molar refractivity (Wildman–Crippen MR) is 104 cm³/mol. The third-order valence-electron chi connectivity index (χ3n) is 3.76. The zero-order chi connectivity index (χ0) is 21.0. The van der Waals surface area contributed by atoms with Crippen LogP contribution in [0.1, 0.15) is 12.2 Å². The number of hydrogen-bond donors (Lipinski definition) is 2. The van der Waals surface area contributed by atoms with Gasteiger partial charge in [-0.05, 0) is 24.3 Å². The number of hydrogen-bond acceptors (Lipinski definition) is 9. The number of carbonyl (C=O) groups excluding carboxylic acids is 1. The van der Waals surface area contributed by atoms with Gasteiger partial charge in [0.2, 0.25) is 5.91 Å². The largest absolute Gasteiger partial charge is 0.497 e. The third-order valence-corrected chi connectivity index (χ3v) is 4.84. The van der Waals surface area contributed by atoms with E-state index in [4.69, 9.17) is 14.3 Å². The molecular formula is C17H14N4O7S. The molecular weight excluding hydrogens is 404 g/mol. The van der Waals surface area contributed by atoms with E-state index in [1.165, 1.54) is 25.5 Å². The molecule has 1 aromatic carbocycles. The Kier molecular flexibility index (Phi) is 5.93. The van der Waals surface area contributed by atoms with Gasteiger partial charge in [0.25, 0.3) is 5.69 Å². The molecule has 1 aliphatic rings. The fourth-order valence-electron chi connectivity index (χ4n) is 2.45. The van der Waals surface area contributed by atoms with Crippen molar-refractivity contribution in [2.75, 3.05) is 7.11 Å². The molecule has 1 saturated heterocycles. The molecule has 1 fully saturated rings. The maximum Gasteiger partial charge on any atom is 0.305 e. The van der Waals surface area contributed by atoms with E-state index in [9.17, 15) is 19.7 Å². The number of ether oxygens (including phenoxy) is 1. The Hall–Kier alpha value is -3.67. The second-order valence-corrected chi connectivity index (χ2v) is 6.88. The van der Waals surface area contributed by atoms with Gasteiger partial charge in [-0.2, -0.15) is 5.10 Å². The standard InChI is InChI=1S/C17H14N4O7S/c1-27-9-2-4-11(12(6-9)21(25)26)13-5-3-10(28-13)8-18-20-17-19-16(24)14(29-17)7-15(22)23/h2-6,8,14H,7H2,1H3,(H,22,23)(H,19,20,24)/b18-8+. The number of carboxylic acids is 1. The molecule has 29 heavy (non-hydrogen) atoms. The number of carboxylic acid groups (broad SMARTS) is 1. The number of nitrogens with one attached hydrogen (secondary N) is 1. The van der Waals surface area contributed by atoms with E-state index in [0.29, 0.717) is 5.75 Å². The molecule has 150 valence electrons. The number of amidine groups is 1. The number of methoxy groups -OCH3 is 1. The molecule has 0 radical (unpaired) electrons. The van der Waals surface area contributed by atoms with Crippen molar-refractivity contribution in [3.05, 3.63) is 46.2 Å². The number of thioether (sulfide) groups is 1. The summed E-state index contributed by atoms with van der Waals surface area (Å²) in [6, 6.07) is 7.51. The van der Waals surface area contributed by atoms with Crippen LogP contribution >= 0.6 is 11.8 Å². The number of nitro benzene ring substituents is 1. The minimum atomic E-state index is -1.09. The summed E-state index contributed by atoms with van der Waals surface area (Å²) in [5.74, 6) is -0.636. The molecule has 1 unspecified atom stereocenters. The number of aliphatic carboxylic acids is 1. The molecule has 1 amide bonds. The first-order valence-corrected chi connectivity index (χ1v) is 8.98. The first-order chi connectivity index (χ1) is 13.9. The smallest absolute Gasteiger partial charge is 0.305 e. The number of nitrogens with zero attached hydrogens (tertiary/aromatic N) is 3. The van der Waals surface area contributed by atoms with Crippen LogP contribution in [-0.4, -0.2) is 45.6 Å². The summed E-state index contributed by atoms with van der Waals surface area (Å²) >= 11 is 0.970. The molecule has 11 nitrogen and oxygen atoms in total. The first kappa shape index (κ1) is 20.1. The van der Waals surface area contributed by atoms with Crippen LogP contribution in [0.5, 0.6) is 5.75 Å². The number of benzene rings is 1. The highest BCUT2D eigenvalue weighted by molar-refractivity contribution is 8.15. The van der Waals surface area contributed by atoms with E-state index < -0.39 is 22.0 Å². The van der Waals surface area contributed by atoms with Crippen molar-refractivity contribution in [1.82, 2.24) is 5.32 Å². The molecule has 0 bridgehead atoms. The Morgan fingerprint density at radius 1 is 1.45 bits per heavy atom. The molecule has 1 atom stereocenters. The van der Waals surface area contributed by atoms with Crippen molar-refractivity contribution in [3.8, 4) is 17.1 Å². The molecule has 2 heterocycles. The second-order valence-electron chi connectivity index (χ2n) is 5.69. The van der Waals surface area contributed by atoms with Gasteiger partial charge in [-0.15, -0.1) is 5.10 Å². The number of amides is 1. The van der Waals surface area contributed by atoms with Gasteiger partial charge in [0.05, 0.1) is 36.3 Å². The molecule has 2 N–H and O–H groups in total. The molecule has 3 rings (SSSR count). The molecule has 0 spiro atoms. The molecule has 1 aliphatic heterocycles. The zero-order valence-electron chi connectivity index (χ0n) is 14.9. The van der Waals surface area contributed by atoms with Crippen LogP contribution in [0.15, 0.2) is 45.0 Å². The molecule has 0 saturated carbocycles. The number of carbonyl (C=O) groups is 2. The lowest BCUT2D eigenvalue weighted by Gasteiger charge is -2.03. The topological polar surface area (TPSA) is 157 Å². The second kappa shape index (κ2) is 8.56. The summed E-state index contributed by atoms with van der Waals surface area (Å²) < 4.78 is 10.6. The van der Waals surface area contributed by atoms with Crippen LogP contribution in [0.25, 0.3) is 11.3 Å². The van der Waals surface area contributed by atoms with Gasteiger partial charge >= 0.3 is 5.97 Å². The van der Waals surface area contributed by atoms with Gasteiger partial charge in [-0.25, -0.2) is 0 Å². The monoisotopic (exact) mass is 418 g/mol. The first-order valence-electron chi connectivity index (χ1n) is 8.10. The summed E-state index contributed by atoms with van der Waals surface area (Å²) in [6.45, 7) is 0. The van der Waals surface area contributed by atoms with E-state index in [0.717, 1.165) is 11.8 Å². The van der Waals surface area contributed by atoms with Gasteiger partial charge in [0, 0.05) is 0 Å². The van der Waals surface area contributed by atoms with Crippen LogP contribution in [0, 0.1) is 10.1 Å². The van der Waals surface area contributed by atoms with Gasteiger partial charge < -0.3 is 19.6 Å². The quantitative estimate of drug-likeness (QED) is 0.394. The maximum atomic E-state index is 11.6. The van der Waals surface area contributed by atoms with E-state index in [1.807, 2.05) is 0 Å². The number of rotatable bonds is 7. The predicted octanol–water partition coefficient (Wildman–Crippen LogP) is 2.26. The van der Waals surface area contributed by atoms with Crippen molar-refractivity contribution in [1.29, 1.82) is 0 Å². The maximum absolute atomic E-state index is 11.6. The van der Waals surface area contributed by atoms with Crippen molar-refractivity contribution >= 4 is 40.7 Å². The van der Waals surface area contributed by atoms with Crippen molar-refractivity contribution < 1.29 is 28.8 Å². The lowest BCUT2D eigenvalue weighted by molar-refractivity contribution is -0.384. The number of furan rings is 1. The molecule has 2 aromatic rings. The minimum absolute atomic E-state index is 0.169. The lowest BCUT2D eigenvalue weighted by atomic mass is 10.1. The van der Waals surface area contributed by atoms with Crippen LogP contribution in [0.3, 0.4) is 0 Å². The van der Waals surface area contributed by atoms with Crippen LogP contribution < -0.4 is 10.1 Å². The highest BCUT2D eigenvalue weighted by Crippen LogP contribution is 2.34. The Labute approximate surface area is 167 Å². The summed E-state index contributed by atoms with van der Waals surface area (Å²) in [5.41, 5.74) is 0.105. The van der Waals surface area contributed by atoms with E-state index in [2.05, 4.69) is 15.5 Å². The summed E-state index contributed by atoms with van der Waals surface area (Å²) in [4.78, 5) is 33.1. The third kappa shape index (κ3) is 4.79. The highest BCUT2D eigenvalue weighted by Gasteiger charge is 2.32. The van der Waals surface area contributed by atoms with Gasteiger partial charge in [-0.3, -0.25) is 19.7 Å². The fraction of sp³-hybridized carbons (Fsp3) is 0.176. The normalized spacial score (nSPS) is 17.6. The van der Waals surface area contributed by atoms with Crippen molar-refractivity contribution in [2.24, 2.45) is 10.2 Å². The Morgan fingerprint density at radius 2 is 2.24 bits per heavy atom. The Morgan fingerprint density at radius 3 is 2.93 bits per heavy atom. The van der Waals surface area contributed by atoms with E-state index in [-0.39, 0.29) is 34.4 Å². The van der Waals surface area contributed by atoms with Crippen LogP contribution in [0.2, 0.25) is 0 Å².